The van der Waals surface area contributed by atoms with E-state index in [-0.39, 0.29) is 5.56 Å². The van der Waals surface area contributed by atoms with E-state index < -0.39 is 24.2 Å². The Labute approximate surface area is 110 Å². The molecule has 0 saturated carbocycles. The molecule has 0 saturated heterocycles. The molecule has 3 nitrogen and oxygen atoms in total. The molecule has 0 radical (unpaired) electrons. The normalized spacial score (nSPS) is 15.2. The number of aliphatic carboxylic acids is 1. The van der Waals surface area contributed by atoms with Crippen LogP contribution in [0.1, 0.15) is 12.5 Å². The van der Waals surface area contributed by atoms with Gasteiger partial charge in [-0.25, -0.2) is 4.79 Å². The van der Waals surface area contributed by atoms with Gasteiger partial charge >= 0.3 is 12.1 Å². The van der Waals surface area contributed by atoms with Crippen LogP contribution in [0, 0.1) is 0 Å². The van der Waals surface area contributed by atoms with Gasteiger partial charge in [-0.1, -0.05) is 28.1 Å². The molecule has 0 aliphatic rings. The highest BCUT2D eigenvalue weighted by Crippen LogP contribution is 2.25. The molecule has 0 spiro atoms. The molecule has 1 atom stereocenters. The lowest BCUT2D eigenvalue weighted by molar-refractivity contribution is -0.150. The number of hydrogen-bond donors (Lipinski definition) is 2. The zero-order valence-electron chi connectivity index (χ0n) is 9.38. The molecule has 100 valence electrons. The predicted octanol–water partition coefficient (Wildman–Crippen LogP) is 2.90. The minimum absolute atomic E-state index is 0.252. The summed E-state index contributed by atoms with van der Waals surface area (Å²) >= 11 is 3.17. The summed E-state index contributed by atoms with van der Waals surface area (Å²) in [4.78, 5) is 11.2. The van der Waals surface area contributed by atoms with Gasteiger partial charge in [0.2, 0.25) is 0 Å². The van der Waals surface area contributed by atoms with Crippen LogP contribution in [-0.2, 0) is 10.3 Å². The number of benzene rings is 1. The van der Waals surface area contributed by atoms with Gasteiger partial charge < -0.3 is 5.11 Å². The molecule has 0 bridgehead atoms. The standard InChI is InChI=1S/C11H11BrF3NO2/c1-10(9(17)18,16-6-11(13,14)15)7-2-4-8(12)5-3-7/h2-5,16H,6H2,1H3,(H,17,18). The van der Waals surface area contributed by atoms with E-state index in [2.05, 4.69) is 15.9 Å². The van der Waals surface area contributed by atoms with Gasteiger partial charge in [-0.3, -0.25) is 5.32 Å². The average molecular weight is 326 g/mol. The van der Waals surface area contributed by atoms with Crippen molar-refractivity contribution in [3.8, 4) is 0 Å². The molecule has 1 rings (SSSR count). The van der Waals surface area contributed by atoms with Gasteiger partial charge in [-0.05, 0) is 24.6 Å². The number of carboxylic acid groups (broad SMARTS) is 1. The van der Waals surface area contributed by atoms with Crippen molar-refractivity contribution in [2.75, 3.05) is 6.54 Å². The maximum absolute atomic E-state index is 12.2. The summed E-state index contributed by atoms with van der Waals surface area (Å²) in [6, 6.07) is 6.07. The Hall–Kier alpha value is -1.08. The fraction of sp³-hybridized carbons (Fsp3) is 0.364. The van der Waals surface area contributed by atoms with E-state index in [9.17, 15) is 18.0 Å². The second-order valence-electron chi connectivity index (χ2n) is 3.91. The monoisotopic (exact) mass is 325 g/mol. The summed E-state index contributed by atoms with van der Waals surface area (Å²) in [5, 5.41) is 11.1. The van der Waals surface area contributed by atoms with Gasteiger partial charge in [0.05, 0.1) is 6.54 Å². The van der Waals surface area contributed by atoms with E-state index in [4.69, 9.17) is 5.11 Å². The molecule has 0 amide bonds. The molecule has 0 aliphatic carbocycles. The van der Waals surface area contributed by atoms with Crippen molar-refractivity contribution >= 4 is 21.9 Å². The van der Waals surface area contributed by atoms with Crippen LogP contribution in [0.15, 0.2) is 28.7 Å². The van der Waals surface area contributed by atoms with Crippen molar-refractivity contribution in [3.05, 3.63) is 34.3 Å². The number of carboxylic acids is 1. The Bertz CT molecular complexity index is 433. The van der Waals surface area contributed by atoms with Crippen molar-refractivity contribution in [1.29, 1.82) is 0 Å². The van der Waals surface area contributed by atoms with Crippen LogP contribution in [0.2, 0.25) is 0 Å². The molecular weight excluding hydrogens is 315 g/mol. The zero-order chi connectivity index (χ0) is 14.0. The number of halogens is 4. The first-order valence-electron chi connectivity index (χ1n) is 4.96. The van der Waals surface area contributed by atoms with Crippen LogP contribution in [0.4, 0.5) is 13.2 Å². The van der Waals surface area contributed by atoms with E-state index in [0.717, 1.165) is 4.47 Å². The molecule has 7 heteroatoms. The molecule has 0 aliphatic heterocycles. The minimum atomic E-state index is -4.47. The van der Waals surface area contributed by atoms with E-state index in [1.807, 2.05) is 5.32 Å². The molecule has 0 fully saturated rings. The Morgan fingerprint density at radius 2 is 1.83 bits per heavy atom. The summed E-state index contributed by atoms with van der Waals surface area (Å²) in [6.07, 6.45) is -4.47. The Morgan fingerprint density at radius 3 is 2.22 bits per heavy atom. The molecular formula is C11H11BrF3NO2. The fourth-order valence-corrected chi connectivity index (χ4v) is 1.63. The van der Waals surface area contributed by atoms with E-state index in [1.54, 1.807) is 12.1 Å². The summed E-state index contributed by atoms with van der Waals surface area (Å²) in [5.74, 6) is -1.37. The van der Waals surface area contributed by atoms with E-state index in [0.29, 0.717) is 0 Å². The van der Waals surface area contributed by atoms with Crippen LogP contribution in [0.3, 0.4) is 0 Å². The summed E-state index contributed by atoms with van der Waals surface area (Å²) in [6.45, 7) is -0.170. The first-order chi connectivity index (χ1) is 8.15. The second kappa shape index (κ2) is 5.27. The van der Waals surface area contributed by atoms with Crippen molar-refractivity contribution < 1.29 is 23.1 Å². The van der Waals surface area contributed by atoms with Gasteiger partial charge in [0.15, 0.2) is 0 Å². The van der Waals surface area contributed by atoms with Crippen molar-refractivity contribution in [1.82, 2.24) is 5.32 Å². The van der Waals surface area contributed by atoms with Gasteiger partial charge in [-0.2, -0.15) is 13.2 Å². The fourth-order valence-electron chi connectivity index (χ4n) is 1.36. The molecule has 1 aromatic carbocycles. The van der Waals surface area contributed by atoms with Crippen LogP contribution in [0.25, 0.3) is 0 Å². The van der Waals surface area contributed by atoms with Gasteiger partial charge in [0, 0.05) is 4.47 Å². The number of alkyl halides is 3. The number of nitrogens with one attached hydrogen (secondary N) is 1. The molecule has 1 unspecified atom stereocenters. The molecule has 1 aromatic rings. The molecule has 0 heterocycles. The molecule has 18 heavy (non-hydrogen) atoms. The van der Waals surface area contributed by atoms with Crippen molar-refractivity contribution in [2.24, 2.45) is 0 Å². The highest BCUT2D eigenvalue weighted by atomic mass is 79.9. The number of carbonyl (C=O) groups is 1. The van der Waals surface area contributed by atoms with E-state index in [1.165, 1.54) is 19.1 Å². The maximum Gasteiger partial charge on any atom is 0.401 e. The van der Waals surface area contributed by atoms with Crippen LogP contribution >= 0.6 is 15.9 Å². The highest BCUT2D eigenvalue weighted by Gasteiger charge is 2.39. The summed E-state index contributed by atoms with van der Waals surface area (Å²) in [7, 11) is 0. The quantitative estimate of drug-likeness (QED) is 0.894. The molecule has 0 aromatic heterocycles. The molecule has 2 N–H and O–H groups in total. The third-order valence-corrected chi connectivity index (χ3v) is 3.02. The van der Waals surface area contributed by atoms with Gasteiger partial charge in [-0.15, -0.1) is 0 Å². The largest absolute Gasteiger partial charge is 0.480 e. The van der Waals surface area contributed by atoms with Crippen LogP contribution in [0.5, 0.6) is 0 Å². The van der Waals surface area contributed by atoms with E-state index >= 15 is 0 Å². The zero-order valence-corrected chi connectivity index (χ0v) is 11.0. The summed E-state index contributed by atoms with van der Waals surface area (Å²) < 4.78 is 37.2. The average Bonchev–Trinajstić information content (AvgIpc) is 2.25. The lowest BCUT2D eigenvalue weighted by Crippen LogP contribution is -2.50. The SMILES string of the molecule is CC(NCC(F)(F)F)(C(=O)O)c1ccc(Br)cc1. The summed E-state index contributed by atoms with van der Waals surface area (Å²) in [5.41, 5.74) is -1.53. The third kappa shape index (κ3) is 3.71. The van der Waals surface area contributed by atoms with Gasteiger partial charge in [0.1, 0.15) is 5.54 Å². The number of hydrogen-bond acceptors (Lipinski definition) is 2. The second-order valence-corrected chi connectivity index (χ2v) is 4.82. The van der Waals surface area contributed by atoms with Crippen LogP contribution in [-0.4, -0.2) is 23.8 Å². The Morgan fingerprint density at radius 1 is 1.33 bits per heavy atom. The first kappa shape index (κ1) is 15.0. The van der Waals surface area contributed by atoms with Crippen LogP contribution < -0.4 is 5.32 Å². The lowest BCUT2D eigenvalue weighted by atomic mass is 9.92. The Balaban J connectivity index is 3.00. The smallest absolute Gasteiger partial charge is 0.401 e. The lowest BCUT2D eigenvalue weighted by Gasteiger charge is -2.27. The first-order valence-corrected chi connectivity index (χ1v) is 5.76. The highest BCUT2D eigenvalue weighted by molar-refractivity contribution is 9.10. The topological polar surface area (TPSA) is 49.3 Å². The van der Waals surface area contributed by atoms with Gasteiger partial charge in [0.25, 0.3) is 0 Å². The predicted molar refractivity (Wildman–Crippen MR) is 63.2 cm³/mol. The van der Waals surface area contributed by atoms with Crippen molar-refractivity contribution in [3.63, 3.8) is 0 Å². The Kier molecular flexibility index (Phi) is 4.39. The number of rotatable bonds is 4. The van der Waals surface area contributed by atoms with Crippen molar-refractivity contribution in [2.45, 2.75) is 18.6 Å². The minimum Gasteiger partial charge on any atom is -0.480 e. The maximum atomic E-state index is 12.2. The third-order valence-electron chi connectivity index (χ3n) is 2.49.